The Hall–Kier alpha value is -2.62. The molecule has 3 aromatic rings. The predicted molar refractivity (Wildman–Crippen MR) is 92.7 cm³/mol. The fraction of sp³-hybridized carbons (Fsp3) is 0.250. The van der Waals surface area contributed by atoms with E-state index in [1.165, 1.54) is 0 Å². The molecular formula is C20H19FN2O. The first kappa shape index (κ1) is 14.9. The van der Waals surface area contributed by atoms with Crippen LogP contribution in [0.15, 0.2) is 53.1 Å². The van der Waals surface area contributed by atoms with Gasteiger partial charge in [0, 0.05) is 18.5 Å². The average molecular weight is 322 g/mol. The molecule has 1 atom stereocenters. The molecule has 0 amide bonds. The number of anilines is 1. The van der Waals surface area contributed by atoms with E-state index >= 15 is 0 Å². The molecule has 4 rings (SSSR count). The topological polar surface area (TPSA) is 38.1 Å². The fourth-order valence-corrected chi connectivity index (χ4v) is 3.60. The van der Waals surface area contributed by atoms with Crippen LogP contribution in [-0.2, 0) is 6.42 Å². The molecule has 122 valence electrons. The fourth-order valence-electron chi connectivity index (χ4n) is 3.60. The molecule has 0 radical (unpaired) electrons. The molecule has 1 aliphatic rings. The third kappa shape index (κ3) is 2.48. The first-order valence-corrected chi connectivity index (χ1v) is 8.29. The van der Waals surface area contributed by atoms with Gasteiger partial charge in [-0.25, -0.2) is 4.39 Å². The molecule has 1 unspecified atom stereocenters. The van der Waals surface area contributed by atoms with Gasteiger partial charge in [0.1, 0.15) is 5.82 Å². The van der Waals surface area contributed by atoms with Crippen molar-refractivity contribution in [3.63, 3.8) is 0 Å². The summed E-state index contributed by atoms with van der Waals surface area (Å²) in [7, 11) is 1.81. The number of aryl methyl sites for hydroxylation is 1. The highest BCUT2D eigenvalue weighted by Gasteiger charge is 2.30. The summed E-state index contributed by atoms with van der Waals surface area (Å²) in [5, 5.41) is 7.18. The van der Waals surface area contributed by atoms with E-state index in [1.54, 1.807) is 13.1 Å². The molecule has 1 heterocycles. The molecule has 0 aliphatic heterocycles. The van der Waals surface area contributed by atoms with Crippen molar-refractivity contribution in [2.75, 3.05) is 12.4 Å². The highest BCUT2D eigenvalue weighted by atomic mass is 19.1. The van der Waals surface area contributed by atoms with Crippen LogP contribution in [-0.4, -0.2) is 12.2 Å². The minimum Gasteiger partial charge on any atom is -0.357 e. The van der Waals surface area contributed by atoms with Gasteiger partial charge in [0.25, 0.3) is 0 Å². The van der Waals surface area contributed by atoms with Crippen LogP contribution in [0.4, 0.5) is 10.3 Å². The molecule has 3 nitrogen and oxygen atoms in total. The van der Waals surface area contributed by atoms with Gasteiger partial charge in [-0.3, -0.25) is 0 Å². The highest BCUT2D eigenvalue weighted by Crippen LogP contribution is 2.42. The molecule has 1 aliphatic carbocycles. The molecule has 0 fully saturated rings. The van der Waals surface area contributed by atoms with Crippen molar-refractivity contribution in [2.45, 2.75) is 25.2 Å². The summed E-state index contributed by atoms with van der Waals surface area (Å²) in [6.07, 6.45) is 2.79. The van der Waals surface area contributed by atoms with Crippen LogP contribution in [0.25, 0.3) is 11.1 Å². The Labute approximate surface area is 140 Å². The predicted octanol–water partition coefficient (Wildman–Crippen LogP) is 4.99. The molecule has 0 spiro atoms. The van der Waals surface area contributed by atoms with Crippen molar-refractivity contribution in [2.24, 2.45) is 0 Å². The van der Waals surface area contributed by atoms with E-state index in [-0.39, 0.29) is 11.7 Å². The lowest BCUT2D eigenvalue weighted by molar-refractivity contribution is 0.424. The number of fused-ring (bicyclic) bond motifs is 1. The number of rotatable bonds is 3. The zero-order valence-corrected chi connectivity index (χ0v) is 13.6. The number of nitrogens with one attached hydrogen (secondary N) is 1. The monoisotopic (exact) mass is 322 g/mol. The Morgan fingerprint density at radius 3 is 2.71 bits per heavy atom. The third-order valence-electron chi connectivity index (χ3n) is 4.77. The van der Waals surface area contributed by atoms with Crippen LogP contribution in [0.5, 0.6) is 0 Å². The summed E-state index contributed by atoms with van der Waals surface area (Å²) in [6, 6.07) is 15.4. The van der Waals surface area contributed by atoms with Crippen LogP contribution in [0, 0.1) is 5.82 Å². The zero-order valence-electron chi connectivity index (χ0n) is 13.6. The van der Waals surface area contributed by atoms with Crippen molar-refractivity contribution < 1.29 is 8.91 Å². The van der Waals surface area contributed by atoms with E-state index in [2.05, 4.69) is 10.5 Å². The van der Waals surface area contributed by atoms with Gasteiger partial charge in [0.15, 0.2) is 0 Å². The lowest BCUT2D eigenvalue weighted by Gasteiger charge is -2.23. The summed E-state index contributed by atoms with van der Waals surface area (Å²) in [5.41, 5.74) is 4.59. The minimum atomic E-state index is -0.169. The average Bonchev–Trinajstić information content (AvgIpc) is 3.06. The maximum atomic E-state index is 14.9. The number of benzene rings is 2. The Bertz CT molecular complexity index is 844. The Morgan fingerprint density at radius 2 is 1.96 bits per heavy atom. The maximum absolute atomic E-state index is 14.9. The Morgan fingerprint density at radius 1 is 1.12 bits per heavy atom. The molecule has 4 heteroatoms. The SMILES string of the molecule is CNc1onc2c1C(c1ccc(-c3ccccc3)cc1F)CCC2. The van der Waals surface area contributed by atoms with Gasteiger partial charge >= 0.3 is 0 Å². The molecule has 0 bridgehead atoms. The van der Waals surface area contributed by atoms with E-state index in [0.29, 0.717) is 5.88 Å². The maximum Gasteiger partial charge on any atom is 0.228 e. The highest BCUT2D eigenvalue weighted by molar-refractivity contribution is 5.64. The van der Waals surface area contributed by atoms with E-state index in [1.807, 2.05) is 42.5 Å². The molecule has 0 saturated heterocycles. The molecule has 24 heavy (non-hydrogen) atoms. The number of hydrogen-bond donors (Lipinski definition) is 1. The second kappa shape index (κ2) is 6.11. The summed E-state index contributed by atoms with van der Waals surface area (Å²) < 4.78 is 20.3. The van der Waals surface area contributed by atoms with Crippen LogP contribution in [0.2, 0.25) is 0 Å². The van der Waals surface area contributed by atoms with Crippen molar-refractivity contribution in [3.05, 3.63) is 71.2 Å². The third-order valence-corrected chi connectivity index (χ3v) is 4.77. The van der Waals surface area contributed by atoms with Crippen molar-refractivity contribution in [1.29, 1.82) is 0 Å². The van der Waals surface area contributed by atoms with Gasteiger partial charge in [0.05, 0.1) is 5.69 Å². The first-order chi connectivity index (χ1) is 11.8. The van der Waals surface area contributed by atoms with Crippen LogP contribution in [0.1, 0.15) is 35.6 Å². The quantitative estimate of drug-likeness (QED) is 0.738. The number of aromatic nitrogens is 1. The van der Waals surface area contributed by atoms with E-state index < -0.39 is 0 Å². The first-order valence-electron chi connectivity index (χ1n) is 8.29. The van der Waals surface area contributed by atoms with Gasteiger partial charge in [-0.15, -0.1) is 0 Å². The van der Waals surface area contributed by atoms with Crippen molar-refractivity contribution in [3.8, 4) is 11.1 Å². The van der Waals surface area contributed by atoms with Crippen LogP contribution in [0.3, 0.4) is 0 Å². The molecular weight excluding hydrogens is 303 g/mol. The van der Waals surface area contributed by atoms with Gasteiger partial charge in [-0.2, -0.15) is 0 Å². The number of halogens is 1. The van der Waals surface area contributed by atoms with E-state index in [9.17, 15) is 4.39 Å². The normalized spacial score (nSPS) is 16.7. The second-order valence-electron chi connectivity index (χ2n) is 6.17. The number of nitrogens with zero attached hydrogens (tertiary/aromatic N) is 1. The lowest BCUT2D eigenvalue weighted by Crippen LogP contribution is -2.13. The molecule has 2 aromatic carbocycles. The van der Waals surface area contributed by atoms with Gasteiger partial charge in [-0.05, 0) is 42.0 Å². The second-order valence-corrected chi connectivity index (χ2v) is 6.17. The number of hydrogen-bond acceptors (Lipinski definition) is 3. The molecule has 1 aromatic heterocycles. The van der Waals surface area contributed by atoms with Gasteiger partial charge in [0.2, 0.25) is 5.88 Å². The summed E-state index contributed by atoms with van der Waals surface area (Å²) in [4.78, 5) is 0. The van der Waals surface area contributed by atoms with Gasteiger partial charge in [-0.1, -0.05) is 47.6 Å². The summed E-state index contributed by atoms with van der Waals surface area (Å²) in [6.45, 7) is 0. The Balaban J connectivity index is 1.75. The lowest BCUT2D eigenvalue weighted by atomic mass is 9.81. The van der Waals surface area contributed by atoms with Gasteiger partial charge < -0.3 is 9.84 Å². The summed E-state index contributed by atoms with van der Waals surface area (Å²) in [5.74, 6) is 0.478. The smallest absolute Gasteiger partial charge is 0.228 e. The Kier molecular flexibility index (Phi) is 3.81. The standard InChI is InChI=1S/C20H19FN2O/c1-22-20-19-16(8-5-9-18(19)23-24-20)15-11-10-14(12-17(15)21)13-6-3-2-4-7-13/h2-4,6-7,10-12,16,22H,5,8-9H2,1H3. The van der Waals surface area contributed by atoms with Crippen molar-refractivity contribution >= 4 is 5.88 Å². The zero-order chi connectivity index (χ0) is 16.5. The molecule has 0 saturated carbocycles. The van der Waals surface area contributed by atoms with E-state index in [0.717, 1.165) is 47.2 Å². The largest absolute Gasteiger partial charge is 0.357 e. The summed E-state index contributed by atoms with van der Waals surface area (Å²) >= 11 is 0. The minimum absolute atomic E-state index is 0.00715. The molecule has 1 N–H and O–H groups in total. The van der Waals surface area contributed by atoms with E-state index in [4.69, 9.17) is 4.52 Å². The van der Waals surface area contributed by atoms with Crippen LogP contribution >= 0.6 is 0 Å². The van der Waals surface area contributed by atoms with Crippen LogP contribution < -0.4 is 5.32 Å². The van der Waals surface area contributed by atoms with Crippen molar-refractivity contribution in [1.82, 2.24) is 5.16 Å².